The van der Waals surface area contributed by atoms with Gasteiger partial charge in [-0.25, -0.2) is 0 Å². The number of allylic oxidation sites excluding steroid dienone is 2. The Bertz CT molecular complexity index is 218. The average molecular weight is 252 g/mol. The van der Waals surface area contributed by atoms with E-state index in [0.29, 0.717) is 5.78 Å². The Hall–Kier alpha value is -0.590. The van der Waals surface area contributed by atoms with E-state index in [-0.39, 0.29) is 5.92 Å². The highest BCUT2D eigenvalue weighted by Gasteiger charge is 2.12. The molecule has 0 saturated carbocycles. The van der Waals surface area contributed by atoms with Gasteiger partial charge in [-0.05, 0) is 25.3 Å². The maximum atomic E-state index is 11.9. The summed E-state index contributed by atoms with van der Waals surface area (Å²) in [7, 11) is 0. The maximum Gasteiger partial charge on any atom is 0.158 e. The molecule has 0 aromatic carbocycles. The smallest absolute Gasteiger partial charge is 0.158 e. The summed E-state index contributed by atoms with van der Waals surface area (Å²) < 4.78 is 0. The number of ketones is 1. The van der Waals surface area contributed by atoms with Gasteiger partial charge in [0, 0.05) is 5.92 Å². The Kier molecular flexibility index (Phi) is 12.4. The molecule has 0 aliphatic carbocycles. The number of hydrogen-bond donors (Lipinski definition) is 0. The minimum Gasteiger partial charge on any atom is -0.295 e. The van der Waals surface area contributed by atoms with E-state index in [4.69, 9.17) is 0 Å². The van der Waals surface area contributed by atoms with Crippen molar-refractivity contribution < 1.29 is 4.79 Å². The van der Waals surface area contributed by atoms with Crippen molar-refractivity contribution in [2.24, 2.45) is 5.92 Å². The SMILES string of the molecule is CCCC=CC(=O)C(CC)CCCCCCCC. The molecule has 0 heterocycles. The molecule has 0 aliphatic heterocycles. The lowest BCUT2D eigenvalue weighted by molar-refractivity contribution is -0.118. The van der Waals surface area contributed by atoms with Crippen LogP contribution in [0, 0.1) is 5.92 Å². The summed E-state index contributed by atoms with van der Waals surface area (Å²) >= 11 is 0. The molecule has 0 saturated heterocycles. The molecule has 1 heteroatoms. The third-order valence-corrected chi connectivity index (χ3v) is 3.54. The molecule has 0 radical (unpaired) electrons. The highest BCUT2D eigenvalue weighted by atomic mass is 16.1. The van der Waals surface area contributed by atoms with Crippen molar-refractivity contribution in [2.75, 3.05) is 0 Å². The van der Waals surface area contributed by atoms with Gasteiger partial charge in [0.25, 0.3) is 0 Å². The van der Waals surface area contributed by atoms with Crippen LogP contribution in [0.3, 0.4) is 0 Å². The van der Waals surface area contributed by atoms with Gasteiger partial charge < -0.3 is 0 Å². The lowest BCUT2D eigenvalue weighted by atomic mass is 9.93. The molecule has 0 bridgehead atoms. The highest BCUT2D eigenvalue weighted by Crippen LogP contribution is 2.16. The van der Waals surface area contributed by atoms with E-state index in [1.807, 2.05) is 12.2 Å². The summed E-state index contributed by atoms with van der Waals surface area (Å²) in [5, 5.41) is 0. The molecule has 0 spiro atoms. The molecule has 0 amide bonds. The number of hydrogen-bond acceptors (Lipinski definition) is 1. The maximum absolute atomic E-state index is 11.9. The molecule has 1 atom stereocenters. The van der Waals surface area contributed by atoms with E-state index in [2.05, 4.69) is 20.8 Å². The first-order valence-corrected chi connectivity index (χ1v) is 7.96. The van der Waals surface area contributed by atoms with Gasteiger partial charge in [-0.3, -0.25) is 4.79 Å². The van der Waals surface area contributed by atoms with Gasteiger partial charge >= 0.3 is 0 Å². The van der Waals surface area contributed by atoms with Crippen LogP contribution < -0.4 is 0 Å². The fourth-order valence-corrected chi connectivity index (χ4v) is 2.22. The highest BCUT2D eigenvalue weighted by molar-refractivity contribution is 5.91. The Labute approximate surface area is 114 Å². The Morgan fingerprint density at radius 2 is 1.61 bits per heavy atom. The van der Waals surface area contributed by atoms with Crippen LogP contribution in [0.5, 0.6) is 0 Å². The molecule has 0 N–H and O–H groups in total. The number of unbranched alkanes of at least 4 members (excludes halogenated alkanes) is 6. The zero-order valence-corrected chi connectivity index (χ0v) is 12.7. The Morgan fingerprint density at radius 1 is 0.944 bits per heavy atom. The van der Waals surface area contributed by atoms with E-state index in [1.54, 1.807) is 0 Å². The predicted octanol–water partition coefficient (Wildman–Crippen LogP) is 5.69. The van der Waals surface area contributed by atoms with Crippen molar-refractivity contribution in [1.29, 1.82) is 0 Å². The molecule has 0 aromatic rings. The second-order valence-electron chi connectivity index (χ2n) is 5.26. The van der Waals surface area contributed by atoms with Crippen LogP contribution in [-0.2, 0) is 4.79 Å². The molecule has 0 rings (SSSR count). The van der Waals surface area contributed by atoms with Crippen molar-refractivity contribution in [1.82, 2.24) is 0 Å². The Morgan fingerprint density at radius 3 is 2.22 bits per heavy atom. The van der Waals surface area contributed by atoms with E-state index >= 15 is 0 Å². The number of rotatable bonds is 12. The molecule has 1 nitrogen and oxygen atoms in total. The largest absolute Gasteiger partial charge is 0.295 e. The third kappa shape index (κ3) is 9.44. The minimum atomic E-state index is 0.268. The second kappa shape index (κ2) is 12.9. The van der Waals surface area contributed by atoms with Crippen molar-refractivity contribution in [3.05, 3.63) is 12.2 Å². The summed E-state index contributed by atoms with van der Waals surface area (Å²) in [6.07, 6.45) is 15.9. The molecule has 0 aliphatic rings. The quantitative estimate of drug-likeness (QED) is 0.322. The lowest BCUT2D eigenvalue weighted by Gasteiger charge is -2.11. The van der Waals surface area contributed by atoms with Crippen molar-refractivity contribution >= 4 is 5.78 Å². The molecule has 0 aromatic heterocycles. The fourth-order valence-electron chi connectivity index (χ4n) is 2.22. The zero-order valence-electron chi connectivity index (χ0n) is 12.7. The van der Waals surface area contributed by atoms with Crippen molar-refractivity contribution in [2.45, 2.75) is 85.0 Å². The van der Waals surface area contributed by atoms with Crippen molar-refractivity contribution in [3.63, 3.8) is 0 Å². The Balaban J connectivity index is 3.71. The van der Waals surface area contributed by atoms with Crippen LogP contribution in [0.1, 0.15) is 85.0 Å². The second-order valence-corrected chi connectivity index (χ2v) is 5.26. The first-order chi connectivity index (χ1) is 8.76. The van der Waals surface area contributed by atoms with Gasteiger partial charge in [-0.15, -0.1) is 0 Å². The van der Waals surface area contributed by atoms with Gasteiger partial charge in [-0.2, -0.15) is 0 Å². The average Bonchev–Trinajstić information content (AvgIpc) is 2.38. The van der Waals surface area contributed by atoms with E-state index in [0.717, 1.165) is 25.7 Å². The van der Waals surface area contributed by atoms with Crippen LogP contribution in [0.2, 0.25) is 0 Å². The van der Waals surface area contributed by atoms with Crippen LogP contribution in [0.4, 0.5) is 0 Å². The standard InChI is InChI=1S/C17H32O/c1-4-7-9-10-11-13-14-16(6-3)17(18)15-12-8-5-2/h12,15-16H,4-11,13-14H2,1-3H3. The van der Waals surface area contributed by atoms with Gasteiger partial charge in [0.15, 0.2) is 5.78 Å². The summed E-state index contributed by atoms with van der Waals surface area (Å²) in [6, 6.07) is 0. The summed E-state index contributed by atoms with van der Waals surface area (Å²) in [5.74, 6) is 0.615. The molecule has 18 heavy (non-hydrogen) atoms. The van der Waals surface area contributed by atoms with Gasteiger partial charge in [-0.1, -0.05) is 71.8 Å². The van der Waals surface area contributed by atoms with Crippen molar-refractivity contribution in [3.8, 4) is 0 Å². The van der Waals surface area contributed by atoms with Gasteiger partial charge in [0.05, 0.1) is 0 Å². The number of carbonyl (C=O) groups excluding carboxylic acids is 1. The number of carbonyl (C=O) groups is 1. The normalized spacial score (nSPS) is 13.1. The van der Waals surface area contributed by atoms with Crippen LogP contribution >= 0.6 is 0 Å². The monoisotopic (exact) mass is 252 g/mol. The van der Waals surface area contributed by atoms with E-state index < -0.39 is 0 Å². The van der Waals surface area contributed by atoms with Crippen LogP contribution in [0.15, 0.2) is 12.2 Å². The summed E-state index contributed by atoms with van der Waals surface area (Å²) in [6.45, 7) is 6.52. The summed E-state index contributed by atoms with van der Waals surface area (Å²) in [5.41, 5.74) is 0. The first kappa shape index (κ1) is 17.4. The van der Waals surface area contributed by atoms with Crippen LogP contribution in [-0.4, -0.2) is 5.78 Å². The van der Waals surface area contributed by atoms with E-state index in [9.17, 15) is 4.79 Å². The first-order valence-electron chi connectivity index (χ1n) is 7.96. The molecule has 106 valence electrons. The summed E-state index contributed by atoms with van der Waals surface area (Å²) in [4.78, 5) is 11.9. The minimum absolute atomic E-state index is 0.268. The topological polar surface area (TPSA) is 17.1 Å². The zero-order chi connectivity index (χ0) is 13.6. The molecular formula is C17H32O. The predicted molar refractivity (Wildman–Crippen MR) is 80.8 cm³/mol. The third-order valence-electron chi connectivity index (χ3n) is 3.54. The van der Waals surface area contributed by atoms with Gasteiger partial charge in [0.1, 0.15) is 0 Å². The van der Waals surface area contributed by atoms with E-state index in [1.165, 1.54) is 38.5 Å². The molecular weight excluding hydrogens is 220 g/mol. The van der Waals surface area contributed by atoms with Crippen LogP contribution in [0.25, 0.3) is 0 Å². The fraction of sp³-hybridized carbons (Fsp3) is 0.824. The van der Waals surface area contributed by atoms with Gasteiger partial charge in [0.2, 0.25) is 0 Å². The molecule has 1 unspecified atom stereocenters. The lowest BCUT2D eigenvalue weighted by Crippen LogP contribution is -2.10. The molecule has 0 fully saturated rings.